The van der Waals surface area contributed by atoms with Crippen LogP contribution in [0, 0.1) is 18.8 Å². The second kappa shape index (κ2) is 5.05. The van der Waals surface area contributed by atoms with E-state index in [4.69, 9.17) is 4.42 Å². The van der Waals surface area contributed by atoms with E-state index in [0.29, 0.717) is 5.92 Å². The van der Waals surface area contributed by atoms with Crippen molar-refractivity contribution in [1.82, 2.24) is 0 Å². The Hall–Kier alpha value is -0.760. The lowest BCUT2D eigenvalue weighted by atomic mass is 9.78. The molecular formula is C14H22O2. The van der Waals surface area contributed by atoms with Gasteiger partial charge in [0.2, 0.25) is 0 Å². The Morgan fingerprint density at radius 1 is 1.31 bits per heavy atom. The molecule has 1 aromatic heterocycles. The fourth-order valence-corrected chi connectivity index (χ4v) is 2.76. The Bertz CT molecular complexity index is 321. The summed E-state index contributed by atoms with van der Waals surface area (Å²) in [5.41, 5.74) is 0. The van der Waals surface area contributed by atoms with Gasteiger partial charge in [-0.25, -0.2) is 0 Å². The summed E-state index contributed by atoms with van der Waals surface area (Å²) in [6.07, 6.45) is 5.68. The van der Waals surface area contributed by atoms with E-state index in [2.05, 4.69) is 6.92 Å². The summed E-state index contributed by atoms with van der Waals surface area (Å²) >= 11 is 0. The molecule has 1 unspecified atom stereocenters. The van der Waals surface area contributed by atoms with Gasteiger partial charge < -0.3 is 9.52 Å². The molecule has 0 aromatic carbocycles. The number of aliphatic hydroxyl groups excluding tert-OH is 1. The first-order valence-electron chi connectivity index (χ1n) is 6.45. The summed E-state index contributed by atoms with van der Waals surface area (Å²) < 4.78 is 5.50. The van der Waals surface area contributed by atoms with Gasteiger partial charge in [0.1, 0.15) is 17.6 Å². The van der Waals surface area contributed by atoms with Gasteiger partial charge in [-0.15, -0.1) is 0 Å². The fourth-order valence-electron chi connectivity index (χ4n) is 2.76. The van der Waals surface area contributed by atoms with E-state index in [-0.39, 0.29) is 0 Å². The van der Waals surface area contributed by atoms with Crippen molar-refractivity contribution >= 4 is 0 Å². The van der Waals surface area contributed by atoms with Gasteiger partial charge in [0.05, 0.1) is 0 Å². The zero-order valence-corrected chi connectivity index (χ0v) is 10.3. The van der Waals surface area contributed by atoms with E-state index >= 15 is 0 Å². The van der Waals surface area contributed by atoms with Crippen LogP contribution < -0.4 is 0 Å². The van der Waals surface area contributed by atoms with Gasteiger partial charge in [0, 0.05) is 0 Å². The van der Waals surface area contributed by atoms with Crippen LogP contribution in [0.15, 0.2) is 16.5 Å². The van der Waals surface area contributed by atoms with E-state index in [9.17, 15) is 5.11 Å². The predicted molar refractivity (Wildman–Crippen MR) is 64.1 cm³/mol. The monoisotopic (exact) mass is 222 g/mol. The molecule has 1 aliphatic carbocycles. The number of rotatable bonds is 3. The molecule has 2 heteroatoms. The standard InChI is InChI=1S/C14H22O2/c1-3-11-5-7-12(8-6-11)14(15)13-9-4-10(2)16-13/h4,9,11-12,14-15H,3,5-8H2,1-2H3. The molecule has 1 N–H and O–H groups in total. The zero-order chi connectivity index (χ0) is 11.5. The quantitative estimate of drug-likeness (QED) is 0.843. The molecule has 0 amide bonds. The number of hydrogen-bond acceptors (Lipinski definition) is 2. The van der Waals surface area contributed by atoms with Crippen LogP contribution in [0.5, 0.6) is 0 Å². The fraction of sp³-hybridized carbons (Fsp3) is 0.714. The molecule has 2 rings (SSSR count). The van der Waals surface area contributed by atoms with Gasteiger partial charge in [-0.1, -0.05) is 26.2 Å². The number of furan rings is 1. The average Bonchev–Trinajstić information content (AvgIpc) is 2.75. The second-order valence-corrected chi connectivity index (χ2v) is 5.08. The molecule has 1 aliphatic rings. The maximum atomic E-state index is 10.2. The zero-order valence-electron chi connectivity index (χ0n) is 10.3. The van der Waals surface area contributed by atoms with Crippen molar-refractivity contribution in [3.63, 3.8) is 0 Å². The molecule has 0 spiro atoms. The van der Waals surface area contributed by atoms with E-state index in [1.807, 2.05) is 19.1 Å². The van der Waals surface area contributed by atoms with Gasteiger partial charge >= 0.3 is 0 Å². The summed E-state index contributed by atoms with van der Waals surface area (Å²) in [5, 5.41) is 10.2. The molecule has 1 aromatic rings. The first kappa shape index (κ1) is 11.7. The molecule has 0 saturated heterocycles. The molecule has 1 atom stereocenters. The molecule has 2 nitrogen and oxygen atoms in total. The van der Waals surface area contributed by atoms with Gasteiger partial charge in [0.15, 0.2) is 0 Å². The van der Waals surface area contributed by atoms with Crippen LogP contribution >= 0.6 is 0 Å². The van der Waals surface area contributed by atoms with E-state index in [0.717, 1.165) is 30.3 Å². The van der Waals surface area contributed by atoms with E-state index in [1.54, 1.807) is 0 Å². The normalized spacial score (nSPS) is 27.9. The molecule has 1 saturated carbocycles. The molecule has 90 valence electrons. The summed E-state index contributed by atoms with van der Waals surface area (Å²) in [6, 6.07) is 3.84. The lowest BCUT2D eigenvalue weighted by Gasteiger charge is -2.30. The highest BCUT2D eigenvalue weighted by Crippen LogP contribution is 2.38. The highest BCUT2D eigenvalue weighted by atomic mass is 16.4. The predicted octanol–water partition coefficient (Wildman–Crippen LogP) is 3.84. The minimum atomic E-state index is -0.397. The van der Waals surface area contributed by atoms with Crippen LogP contribution in [-0.4, -0.2) is 5.11 Å². The van der Waals surface area contributed by atoms with E-state index < -0.39 is 6.10 Å². The third-order valence-corrected chi connectivity index (χ3v) is 3.97. The smallest absolute Gasteiger partial charge is 0.132 e. The highest BCUT2D eigenvalue weighted by molar-refractivity contribution is 5.09. The molecule has 1 fully saturated rings. The molecule has 0 aliphatic heterocycles. The van der Waals surface area contributed by atoms with Crippen LogP contribution in [0.1, 0.15) is 56.7 Å². The Labute approximate surface area is 97.7 Å². The Morgan fingerprint density at radius 3 is 2.50 bits per heavy atom. The Kier molecular flexibility index (Phi) is 3.70. The first-order valence-corrected chi connectivity index (χ1v) is 6.45. The summed E-state index contributed by atoms with van der Waals surface area (Å²) in [7, 11) is 0. The van der Waals surface area contributed by atoms with Crippen LogP contribution in [0.2, 0.25) is 0 Å². The third-order valence-electron chi connectivity index (χ3n) is 3.97. The van der Waals surface area contributed by atoms with Gasteiger partial charge in [0.25, 0.3) is 0 Å². The van der Waals surface area contributed by atoms with Crippen molar-refractivity contribution in [2.45, 2.75) is 52.1 Å². The average molecular weight is 222 g/mol. The highest BCUT2D eigenvalue weighted by Gasteiger charge is 2.28. The van der Waals surface area contributed by atoms with Crippen molar-refractivity contribution in [1.29, 1.82) is 0 Å². The SMILES string of the molecule is CCC1CCC(C(O)c2ccc(C)o2)CC1. The van der Waals surface area contributed by atoms with Crippen LogP contribution in [0.25, 0.3) is 0 Å². The van der Waals surface area contributed by atoms with Crippen LogP contribution in [0.4, 0.5) is 0 Å². The molecular weight excluding hydrogens is 200 g/mol. The number of aryl methyl sites for hydroxylation is 1. The number of aliphatic hydroxyl groups is 1. The summed E-state index contributed by atoms with van der Waals surface area (Å²) in [5.74, 6) is 2.91. The topological polar surface area (TPSA) is 33.4 Å². The van der Waals surface area contributed by atoms with Crippen molar-refractivity contribution in [2.24, 2.45) is 11.8 Å². The molecule has 16 heavy (non-hydrogen) atoms. The Morgan fingerprint density at radius 2 is 2.00 bits per heavy atom. The van der Waals surface area contributed by atoms with Crippen molar-refractivity contribution in [3.05, 3.63) is 23.7 Å². The van der Waals surface area contributed by atoms with Crippen molar-refractivity contribution in [2.75, 3.05) is 0 Å². The minimum absolute atomic E-state index is 0.397. The largest absolute Gasteiger partial charge is 0.464 e. The van der Waals surface area contributed by atoms with Crippen LogP contribution in [-0.2, 0) is 0 Å². The van der Waals surface area contributed by atoms with E-state index in [1.165, 1.54) is 19.3 Å². The minimum Gasteiger partial charge on any atom is -0.464 e. The lowest BCUT2D eigenvalue weighted by molar-refractivity contribution is 0.0547. The summed E-state index contributed by atoms with van der Waals surface area (Å²) in [4.78, 5) is 0. The van der Waals surface area contributed by atoms with Crippen molar-refractivity contribution in [3.8, 4) is 0 Å². The maximum absolute atomic E-state index is 10.2. The Balaban J connectivity index is 1.93. The van der Waals surface area contributed by atoms with Gasteiger partial charge in [-0.3, -0.25) is 0 Å². The third kappa shape index (κ3) is 2.49. The maximum Gasteiger partial charge on any atom is 0.132 e. The first-order chi connectivity index (χ1) is 7.70. The molecule has 0 radical (unpaired) electrons. The number of hydrogen-bond donors (Lipinski definition) is 1. The van der Waals surface area contributed by atoms with Crippen LogP contribution in [0.3, 0.4) is 0 Å². The lowest BCUT2D eigenvalue weighted by Crippen LogP contribution is -2.19. The molecule has 0 bridgehead atoms. The molecule has 1 heterocycles. The van der Waals surface area contributed by atoms with Gasteiger partial charge in [-0.2, -0.15) is 0 Å². The second-order valence-electron chi connectivity index (χ2n) is 5.08. The van der Waals surface area contributed by atoms with Crippen molar-refractivity contribution < 1.29 is 9.52 Å². The summed E-state index contributed by atoms with van der Waals surface area (Å²) in [6.45, 7) is 4.18. The van der Waals surface area contributed by atoms with Gasteiger partial charge in [-0.05, 0) is 43.7 Å².